The van der Waals surface area contributed by atoms with E-state index in [2.05, 4.69) is 15.5 Å². The molecule has 1 heterocycles. The number of aromatic nitrogens is 2. The zero-order valence-corrected chi connectivity index (χ0v) is 11.6. The van der Waals surface area contributed by atoms with E-state index < -0.39 is 0 Å². The number of nitrogens with one attached hydrogen (secondary N) is 1. The molecule has 1 unspecified atom stereocenters. The molecule has 1 N–H and O–H groups in total. The van der Waals surface area contributed by atoms with E-state index in [4.69, 9.17) is 27.6 Å². The minimum Gasteiger partial charge on any atom is -0.419 e. The molecule has 2 aromatic rings. The van der Waals surface area contributed by atoms with Gasteiger partial charge in [0.15, 0.2) is 0 Å². The Hall–Kier alpha value is -1.10. The average Bonchev–Trinajstić information content (AvgIpc) is 2.78. The van der Waals surface area contributed by atoms with Gasteiger partial charge in [-0.15, -0.1) is 10.2 Å². The van der Waals surface area contributed by atoms with Crippen LogP contribution in [0.25, 0.3) is 11.5 Å². The van der Waals surface area contributed by atoms with Crippen LogP contribution in [0.1, 0.15) is 25.8 Å². The Labute approximate surface area is 115 Å². The zero-order valence-electron chi connectivity index (χ0n) is 10.1. The van der Waals surface area contributed by atoms with E-state index in [1.54, 1.807) is 18.2 Å². The second-order valence-electron chi connectivity index (χ2n) is 3.82. The maximum absolute atomic E-state index is 6.09. The molecule has 18 heavy (non-hydrogen) atoms. The van der Waals surface area contributed by atoms with E-state index in [1.165, 1.54) is 0 Å². The predicted octanol–water partition coefficient (Wildman–Crippen LogP) is 3.71. The Bertz CT molecular complexity index is 522. The van der Waals surface area contributed by atoms with E-state index in [-0.39, 0.29) is 6.04 Å². The monoisotopic (exact) mass is 285 g/mol. The fraction of sp³-hybridized carbons (Fsp3) is 0.333. The predicted molar refractivity (Wildman–Crippen MR) is 71.8 cm³/mol. The molecule has 0 fully saturated rings. The highest BCUT2D eigenvalue weighted by Crippen LogP contribution is 2.34. The summed E-state index contributed by atoms with van der Waals surface area (Å²) in [5.74, 6) is 0.855. The number of hydrogen-bond donors (Lipinski definition) is 1. The highest BCUT2D eigenvalue weighted by molar-refractivity contribution is 6.38. The molecule has 2 rings (SSSR count). The molecule has 6 heteroatoms. The van der Waals surface area contributed by atoms with Gasteiger partial charge in [0.05, 0.1) is 21.7 Å². The van der Waals surface area contributed by atoms with Crippen molar-refractivity contribution in [3.63, 3.8) is 0 Å². The summed E-state index contributed by atoms with van der Waals surface area (Å²) in [4.78, 5) is 0. The Morgan fingerprint density at radius 2 is 1.94 bits per heavy atom. The van der Waals surface area contributed by atoms with Crippen molar-refractivity contribution in [1.82, 2.24) is 15.5 Å². The number of benzene rings is 1. The Morgan fingerprint density at radius 1 is 1.28 bits per heavy atom. The van der Waals surface area contributed by atoms with Crippen molar-refractivity contribution >= 4 is 23.2 Å². The fourth-order valence-corrected chi connectivity index (χ4v) is 2.17. The van der Waals surface area contributed by atoms with Crippen LogP contribution in [0.3, 0.4) is 0 Å². The van der Waals surface area contributed by atoms with Crippen LogP contribution in [-0.4, -0.2) is 16.7 Å². The lowest BCUT2D eigenvalue weighted by atomic mass is 10.2. The molecule has 96 valence electrons. The molecule has 0 radical (unpaired) electrons. The molecule has 1 aromatic heterocycles. The zero-order chi connectivity index (χ0) is 13.1. The first-order chi connectivity index (χ1) is 8.63. The van der Waals surface area contributed by atoms with E-state index in [0.717, 1.165) is 6.54 Å². The van der Waals surface area contributed by atoms with Crippen LogP contribution in [0.5, 0.6) is 0 Å². The second-order valence-corrected chi connectivity index (χ2v) is 4.64. The van der Waals surface area contributed by atoms with Crippen molar-refractivity contribution in [2.24, 2.45) is 0 Å². The lowest BCUT2D eigenvalue weighted by Crippen LogP contribution is -2.17. The molecule has 4 nitrogen and oxygen atoms in total. The summed E-state index contributed by atoms with van der Waals surface area (Å²) in [5.41, 5.74) is 0.572. The smallest absolute Gasteiger partial charge is 0.250 e. The van der Waals surface area contributed by atoms with Gasteiger partial charge in [0.2, 0.25) is 5.89 Å². The summed E-state index contributed by atoms with van der Waals surface area (Å²) in [5, 5.41) is 12.2. The molecular weight excluding hydrogens is 273 g/mol. The van der Waals surface area contributed by atoms with Crippen LogP contribution in [0, 0.1) is 0 Å². The first kappa shape index (κ1) is 13.3. The van der Waals surface area contributed by atoms with Gasteiger partial charge in [-0.1, -0.05) is 36.2 Å². The van der Waals surface area contributed by atoms with Crippen LogP contribution in [0.15, 0.2) is 22.6 Å². The van der Waals surface area contributed by atoms with Gasteiger partial charge in [-0.05, 0) is 25.6 Å². The van der Waals surface area contributed by atoms with Crippen molar-refractivity contribution in [2.45, 2.75) is 19.9 Å². The van der Waals surface area contributed by atoms with Gasteiger partial charge >= 0.3 is 0 Å². The van der Waals surface area contributed by atoms with Gasteiger partial charge in [0, 0.05) is 0 Å². The number of halogens is 2. The maximum Gasteiger partial charge on any atom is 0.250 e. The number of rotatable bonds is 4. The Balaban J connectivity index is 2.35. The van der Waals surface area contributed by atoms with Crippen molar-refractivity contribution in [3.8, 4) is 11.5 Å². The first-order valence-corrected chi connectivity index (χ1v) is 6.40. The van der Waals surface area contributed by atoms with Gasteiger partial charge in [-0.3, -0.25) is 0 Å². The van der Waals surface area contributed by atoms with Crippen LogP contribution in [0.4, 0.5) is 0 Å². The van der Waals surface area contributed by atoms with Crippen LogP contribution >= 0.6 is 23.2 Å². The third-order valence-electron chi connectivity index (χ3n) is 2.50. The molecular formula is C12H13Cl2N3O. The Morgan fingerprint density at radius 3 is 2.56 bits per heavy atom. The number of nitrogens with zero attached hydrogens (tertiary/aromatic N) is 2. The molecule has 0 bridgehead atoms. The molecule has 1 aromatic carbocycles. The highest BCUT2D eigenvalue weighted by atomic mass is 35.5. The molecule has 0 saturated heterocycles. The quantitative estimate of drug-likeness (QED) is 0.930. The summed E-state index contributed by atoms with van der Waals surface area (Å²) in [6, 6.07) is 5.24. The van der Waals surface area contributed by atoms with Gasteiger partial charge in [-0.25, -0.2) is 0 Å². The van der Waals surface area contributed by atoms with Gasteiger partial charge in [0.25, 0.3) is 5.89 Å². The molecule has 1 atom stereocenters. The highest BCUT2D eigenvalue weighted by Gasteiger charge is 2.17. The molecule has 0 spiro atoms. The van der Waals surface area contributed by atoms with Crippen LogP contribution < -0.4 is 5.32 Å². The van der Waals surface area contributed by atoms with Gasteiger partial charge < -0.3 is 9.73 Å². The number of hydrogen-bond acceptors (Lipinski definition) is 4. The maximum atomic E-state index is 6.09. The summed E-state index contributed by atoms with van der Waals surface area (Å²) in [6.45, 7) is 4.79. The summed E-state index contributed by atoms with van der Waals surface area (Å²) >= 11 is 12.2. The standard InChI is InChI=1S/C12H13Cl2N3O/c1-3-15-7(2)11-16-17-12(18-11)10-8(13)5-4-6-9(10)14/h4-7,15H,3H2,1-2H3. The SMILES string of the molecule is CCNC(C)c1nnc(-c2c(Cl)cccc2Cl)o1. The van der Waals surface area contributed by atoms with Gasteiger partial charge in [0.1, 0.15) is 0 Å². The van der Waals surface area contributed by atoms with Crippen LogP contribution in [0.2, 0.25) is 10.0 Å². The lowest BCUT2D eigenvalue weighted by molar-refractivity contribution is 0.429. The van der Waals surface area contributed by atoms with Crippen molar-refractivity contribution in [2.75, 3.05) is 6.54 Å². The molecule has 0 saturated carbocycles. The summed E-state index contributed by atoms with van der Waals surface area (Å²) in [7, 11) is 0. The minimum absolute atomic E-state index is 0.00230. The normalized spacial score (nSPS) is 12.7. The van der Waals surface area contributed by atoms with E-state index in [0.29, 0.717) is 27.4 Å². The lowest BCUT2D eigenvalue weighted by Gasteiger charge is -2.06. The summed E-state index contributed by atoms with van der Waals surface area (Å²) in [6.07, 6.45) is 0. The van der Waals surface area contributed by atoms with Crippen molar-refractivity contribution < 1.29 is 4.42 Å². The third kappa shape index (κ3) is 2.66. The third-order valence-corrected chi connectivity index (χ3v) is 3.13. The largest absolute Gasteiger partial charge is 0.419 e. The minimum atomic E-state index is -0.00230. The van der Waals surface area contributed by atoms with Crippen LogP contribution in [-0.2, 0) is 0 Å². The molecule has 0 amide bonds. The summed E-state index contributed by atoms with van der Waals surface area (Å²) < 4.78 is 5.59. The molecule has 0 aliphatic carbocycles. The van der Waals surface area contributed by atoms with E-state index >= 15 is 0 Å². The van der Waals surface area contributed by atoms with E-state index in [1.807, 2.05) is 13.8 Å². The second kappa shape index (κ2) is 5.69. The van der Waals surface area contributed by atoms with Crippen molar-refractivity contribution in [1.29, 1.82) is 0 Å². The fourth-order valence-electron chi connectivity index (χ4n) is 1.61. The average molecular weight is 286 g/mol. The molecule has 0 aliphatic rings. The topological polar surface area (TPSA) is 51.0 Å². The van der Waals surface area contributed by atoms with E-state index in [9.17, 15) is 0 Å². The Kier molecular flexibility index (Phi) is 4.22. The van der Waals surface area contributed by atoms with Gasteiger partial charge in [-0.2, -0.15) is 0 Å². The van der Waals surface area contributed by atoms with Crippen molar-refractivity contribution in [3.05, 3.63) is 34.1 Å². The molecule has 0 aliphatic heterocycles. The first-order valence-electron chi connectivity index (χ1n) is 5.64.